The van der Waals surface area contributed by atoms with E-state index in [9.17, 15) is 14.4 Å². The van der Waals surface area contributed by atoms with E-state index in [0.717, 1.165) is 36.8 Å². The van der Waals surface area contributed by atoms with E-state index >= 15 is 0 Å². The lowest BCUT2D eigenvalue weighted by atomic mass is 9.98. The maximum Gasteiger partial charge on any atom is 0.407 e. The minimum Gasteiger partial charge on any atom is -0.481 e. The number of fused-ring (bicyclic) bond motifs is 3. The number of nitrogens with one attached hydrogen (secondary N) is 1. The number of rotatable bonds is 6. The summed E-state index contributed by atoms with van der Waals surface area (Å²) in [6.45, 7) is 0.822. The molecule has 1 heterocycles. The molecule has 34 heavy (non-hydrogen) atoms. The lowest BCUT2D eigenvalue weighted by molar-refractivity contribution is -0.141. The number of carbonyl (C=O) groups is 3. The Labute approximate surface area is 199 Å². The van der Waals surface area contributed by atoms with Crippen molar-refractivity contribution in [3.8, 4) is 11.1 Å². The van der Waals surface area contributed by atoms with E-state index in [1.165, 1.54) is 11.1 Å². The molecule has 0 aromatic heterocycles. The van der Waals surface area contributed by atoms with Gasteiger partial charge in [-0.15, -0.1) is 0 Å². The van der Waals surface area contributed by atoms with Crippen molar-refractivity contribution in [2.24, 2.45) is 5.92 Å². The molecule has 2 aliphatic carbocycles. The number of amides is 2. The van der Waals surface area contributed by atoms with Crippen molar-refractivity contribution in [2.45, 2.75) is 56.5 Å². The summed E-state index contributed by atoms with van der Waals surface area (Å²) in [5.74, 6) is -1.26. The van der Waals surface area contributed by atoms with Gasteiger partial charge in [0.1, 0.15) is 6.61 Å². The third-order valence-corrected chi connectivity index (χ3v) is 7.55. The Kier molecular flexibility index (Phi) is 6.26. The second-order valence-electron chi connectivity index (χ2n) is 9.54. The SMILES string of the molecule is O=C(O)C[C@H]1CCCN1C(=O)[C@@H]1CCC[C@@H]1NC(=O)OCC1c2ccccc2-c2ccccc21. The van der Waals surface area contributed by atoms with Crippen LogP contribution in [0.2, 0.25) is 0 Å². The van der Waals surface area contributed by atoms with Crippen LogP contribution in [0.4, 0.5) is 4.79 Å². The molecular weight excluding hydrogens is 432 g/mol. The number of carbonyl (C=O) groups excluding carboxylic acids is 2. The van der Waals surface area contributed by atoms with Crippen LogP contribution in [0.25, 0.3) is 11.1 Å². The molecule has 3 aliphatic rings. The minimum atomic E-state index is -0.885. The van der Waals surface area contributed by atoms with Crippen LogP contribution in [0, 0.1) is 5.92 Å². The molecule has 0 radical (unpaired) electrons. The molecule has 7 nitrogen and oxygen atoms in total. The first kappa shape index (κ1) is 22.4. The summed E-state index contributed by atoms with van der Waals surface area (Å²) >= 11 is 0. The highest BCUT2D eigenvalue weighted by Crippen LogP contribution is 2.44. The monoisotopic (exact) mass is 462 g/mol. The lowest BCUT2D eigenvalue weighted by Crippen LogP contribution is -2.47. The van der Waals surface area contributed by atoms with E-state index in [1.807, 2.05) is 24.3 Å². The third kappa shape index (κ3) is 4.27. The van der Waals surface area contributed by atoms with Crippen LogP contribution >= 0.6 is 0 Å². The predicted octanol–water partition coefficient (Wildman–Crippen LogP) is 4.16. The van der Waals surface area contributed by atoms with E-state index in [-0.39, 0.29) is 42.9 Å². The molecule has 0 bridgehead atoms. The van der Waals surface area contributed by atoms with Gasteiger partial charge in [-0.2, -0.15) is 0 Å². The van der Waals surface area contributed by atoms with Crippen molar-refractivity contribution >= 4 is 18.0 Å². The quantitative estimate of drug-likeness (QED) is 0.672. The van der Waals surface area contributed by atoms with Crippen LogP contribution in [0.3, 0.4) is 0 Å². The number of carboxylic acid groups (broad SMARTS) is 1. The van der Waals surface area contributed by atoms with Gasteiger partial charge in [-0.1, -0.05) is 55.0 Å². The van der Waals surface area contributed by atoms with Gasteiger partial charge in [0, 0.05) is 24.5 Å². The molecule has 5 rings (SSSR count). The van der Waals surface area contributed by atoms with Crippen molar-refractivity contribution in [2.75, 3.05) is 13.2 Å². The van der Waals surface area contributed by atoms with Gasteiger partial charge in [0.25, 0.3) is 0 Å². The minimum absolute atomic E-state index is 0.0134. The number of likely N-dealkylation sites (tertiary alicyclic amines) is 1. The maximum atomic E-state index is 13.2. The number of nitrogens with zero attached hydrogens (tertiary/aromatic N) is 1. The van der Waals surface area contributed by atoms with Gasteiger partial charge in [-0.05, 0) is 47.9 Å². The summed E-state index contributed by atoms with van der Waals surface area (Å²) in [7, 11) is 0. The molecule has 1 aliphatic heterocycles. The standard InChI is InChI=1S/C27H30N2O5/c30-25(31)15-17-7-6-14-29(17)26(32)22-12-5-13-24(22)28-27(33)34-16-23-20-10-3-1-8-18(20)19-9-2-4-11-21(19)23/h1-4,8-11,17,22-24H,5-7,12-16H2,(H,28,33)(H,30,31)/t17-,22-,24+/m1/s1. The molecule has 0 unspecified atom stereocenters. The molecule has 1 saturated heterocycles. The average Bonchev–Trinajstić information content (AvgIpc) is 3.55. The van der Waals surface area contributed by atoms with Crippen molar-refractivity contribution in [3.63, 3.8) is 0 Å². The Morgan fingerprint density at radius 1 is 0.941 bits per heavy atom. The first-order chi connectivity index (χ1) is 16.5. The molecule has 2 N–H and O–H groups in total. The smallest absolute Gasteiger partial charge is 0.407 e. The zero-order valence-electron chi connectivity index (χ0n) is 19.1. The van der Waals surface area contributed by atoms with Crippen LogP contribution in [0.15, 0.2) is 48.5 Å². The van der Waals surface area contributed by atoms with E-state index in [4.69, 9.17) is 9.84 Å². The van der Waals surface area contributed by atoms with E-state index in [1.54, 1.807) is 4.90 Å². The molecule has 2 fully saturated rings. The fraction of sp³-hybridized carbons (Fsp3) is 0.444. The Bertz CT molecular complexity index is 1050. The Balaban J connectivity index is 1.21. The summed E-state index contributed by atoms with van der Waals surface area (Å²) in [6, 6.07) is 15.9. The fourth-order valence-electron chi connectivity index (χ4n) is 5.97. The maximum absolute atomic E-state index is 13.2. The van der Waals surface area contributed by atoms with E-state index in [2.05, 4.69) is 29.6 Å². The van der Waals surface area contributed by atoms with E-state index < -0.39 is 12.1 Å². The van der Waals surface area contributed by atoms with Gasteiger partial charge in [0.2, 0.25) is 5.91 Å². The lowest BCUT2D eigenvalue weighted by Gasteiger charge is -2.29. The molecule has 2 amide bonds. The largest absolute Gasteiger partial charge is 0.481 e. The number of carboxylic acids is 1. The number of ether oxygens (including phenoxy) is 1. The van der Waals surface area contributed by atoms with Crippen molar-refractivity contribution in [3.05, 3.63) is 59.7 Å². The molecule has 2 aromatic carbocycles. The number of hydrogen-bond acceptors (Lipinski definition) is 4. The average molecular weight is 463 g/mol. The second-order valence-corrected chi connectivity index (χ2v) is 9.54. The van der Waals surface area contributed by atoms with Crippen molar-refractivity contribution in [1.82, 2.24) is 10.2 Å². The van der Waals surface area contributed by atoms with Crippen LogP contribution in [0.1, 0.15) is 55.6 Å². The number of benzene rings is 2. The topological polar surface area (TPSA) is 95.9 Å². The Morgan fingerprint density at radius 3 is 2.29 bits per heavy atom. The van der Waals surface area contributed by atoms with Crippen molar-refractivity contribution in [1.29, 1.82) is 0 Å². The van der Waals surface area contributed by atoms with Gasteiger partial charge >= 0.3 is 12.1 Å². The van der Waals surface area contributed by atoms with Crippen LogP contribution in [-0.2, 0) is 14.3 Å². The summed E-state index contributed by atoms with van der Waals surface area (Å²) in [5, 5.41) is 12.1. The van der Waals surface area contributed by atoms with Gasteiger partial charge in [0.05, 0.1) is 12.3 Å². The Hall–Kier alpha value is -3.35. The van der Waals surface area contributed by atoms with Crippen LogP contribution in [-0.4, -0.2) is 53.2 Å². The van der Waals surface area contributed by atoms with Gasteiger partial charge in [0.15, 0.2) is 0 Å². The summed E-state index contributed by atoms with van der Waals surface area (Å²) in [6.07, 6.45) is 3.28. The fourth-order valence-corrected chi connectivity index (χ4v) is 5.97. The summed E-state index contributed by atoms with van der Waals surface area (Å²) < 4.78 is 5.68. The molecule has 1 saturated carbocycles. The molecule has 2 aromatic rings. The Morgan fingerprint density at radius 2 is 1.62 bits per heavy atom. The highest BCUT2D eigenvalue weighted by atomic mass is 16.5. The normalized spacial score (nSPS) is 23.4. The van der Waals surface area contributed by atoms with Crippen LogP contribution < -0.4 is 5.32 Å². The second kappa shape index (κ2) is 9.49. The van der Waals surface area contributed by atoms with Gasteiger partial charge < -0.3 is 20.1 Å². The predicted molar refractivity (Wildman–Crippen MR) is 126 cm³/mol. The van der Waals surface area contributed by atoms with E-state index in [0.29, 0.717) is 13.0 Å². The first-order valence-electron chi connectivity index (χ1n) is 12.2. The zero-order chi connectivity index (χ0) is 23.7. The van der Waals surface area contributed by atoms with Gasteiger partial charge in [-0.3, -0.25) is 9.59 Å². The number of alkyl carbamates (subject to hydrolysis) is 1. The molecule has 3 atom stereocenters. The highest BCUT2D eigenvalue weighted by Gasteiger charge is 2.40. The zero-order valence-corrected chi connectivity index (χ0v) is 19.1. The number of aliphatic carboxylic acids is 1. The molecule has 7 heteroatoms. The first-order valence-corrected chi connectivity index (χ1v) is 12.2. The summed E-state index contributed by atoms with van der Waals surface area (Å²) in [5.41, 5.74) is 4.66. The molecule has 178 valence electrons. The summed E-state index contributed by atoms with van der Waals surface area (Å²) in [4.78, 5) is 38.9. The molecular formula is C27H30N2O5. The molecule has 0 spiro atoms. The highest BCUT2D eigenvalue weighted by molar-refractivity contribution is 5.82. The third-order valence-electron chi connectivity index (χ3n) is 7.55. The number of hydrogen-bond donors (Lipinski definition) is 2. The van der Waals surface area contributed by atoms with Crippen LogP contribution in [0.5, 0.6) is 0 Å². The van der Waals surface area contributed by atoms with Crippen molar-refractivity contribution < 1.29 is 24.2 Å². The van der Waals surface area contributed by atoms with Gasteiger partial charge in [-0.25, -0.2) is 4.79 Å².